The largest absolute Gasteiger partial charge is 0.481 e. The molecule has 1 fully saturated rings. The number of carboxylic acids is 1. The Bertz CT molecular complexity index is 461. The molecule has 1 aliphatic heterocycles. The molecule has 2 heterocycles. The summed E-state index contributed by atoms with van der Waals surface area (Å²) >= 11 is 1.45. The summed E-state index contributed by atoms with van der Waals surface area (Å²) in [6.45, 7) is 10.5. The van der Waals surface area contributed by atoms with Crippen molar-refractivity contribution in [2.45, 2.75) is 32.6 Å². The first kappa shape index (κ1) is 15.2. The fourth-order valence-corrected chi connectivity index (χ4v) is 2.97. The average molecular weight is 298 g/mol. The van der Waals surface area contributed by atoms with Crippen molar-refractivity contribution >= 4 is 22.6 Å². The van der Waals surface area contributed by atoms with Crippen LogP contribution in [0.3, 0.4) is 0 Å². The van der Waals surface area contributed by atoms with Crippen LogP contribution in [0, 0.1) is 0 Å². The Labute approximate surface area is 123 Å². The standard InChI is InChI=1S/C13H22N4O2S/c1-13(2,3)11-14-12(20-15-11)17-8-6-16(7-9-17)5-4-10(18)19/h4-9H2,1-3H3,(H,18,19). The van der Waals surface area contributed by atoms with E-state index in [-0.39, 0.29) is 11.8 Å². The van der Waals surface area contributed by atoms with E-state index in [1.165, 1.54) is 11.5 Å². The van der Waals surface area contributed by atoms with E-state index in [4.69, 9.17) is 5.11 Å². The lowest BCUT2D eigenvalue weighted by Gasteiger charge is -2.34. The molecule has 0 radical (unpaired) electrons. The Balaban J connectivity index is 1.87. The molecule has 0 bridgehead atoms. The third-order valence-corrected chi connectivity index (χ3v) is 4.15. The molecule has 0 saturated carbocycles. The van der Waals surface area contributed by atoms with Crippen LogP contribution in [0.25, 0.3) is 0 Å². The molecule has 0 amide bonds. The first-order valence-electron chi connectivity index (χ1n) is 6.89. The normalized spacial score (nSPS) is 17.4. The van der Waals surface area contributed by atoms with Gasteiger partial charge in [-0.3, -0.25) is 9.69 Å². The van der Waals surface area contributed by atoms with Crippen molar-refractivity contribution in [3.05, 3.63) is 5.82 Å². The fraction of sp³-hybridized carbons (Fsp3) is 0.769. The summed E-state index contributed by atoms with van der Waals surface area (Å²) in [6, 6.07) is 0. The van der Waals surface area contributed by atoms with Gasteiger partial charge >= 0.3 is 5.97 Å². The maximum atomic E-state index is 10.6. The molecular weight excluding hydrogens is 276 g/mol. The van der Waals surface area contributed by atoms with E-state index in [0.29, 0.717) is 6.54 Å². The maximum absolute atomic E-state index is 10.6. The van der Waals surface area contributed by atoms with Crippen LogP contribution in [0.2, 0.25) is 0 Å². The molecule has 1 N–H and O–H groups in total. The highest BCUT2D eigenvalue weighted by Gasteiger charge is 2.24. The summed E-state index contributed by atoms with van der Waals surface area (Å²) < 4.78 is 4.44. The van der Waals surface area contributed by atoms with Gasteiger partial charge in [0.05, 0.1) is 6.42 Å². The minimum atomic E-state index is -0.730. The highest BCUT2D eigenvalue weighted by molar-refractivity contribution is 7.09. The Morgan fingerprint density at radius 3 is 2.45 bits per heavy atom. The van der Waals surface area contributed by atoms with E-state index < -0.39 is 5.97 Å². The second-order valence-corrected chi connectivity index (χ2v) is 6.85. The van der Waals surface area contributed by atoms with Gasteiger partial charge in [0.25, 0.3) is 0 Å². The molecule has 7 heteroatoms. The molecule has 20 heavy (non-hydrogen) atoms. The van der Waals surface area contributed by atoms with Gasteiger partial charge < -0.3 is 10.0 Å². The highest BCUT2D eigenvalue weighted by atomic mass is 32.1. The van der Waals surface area contributed by atoms with Gasteiger partial charge in [-0.25, -0.2) is 4.98 Å². The van der Waals surface area contributed by atoms with Crippen LogP contribution in [0.1, 0.15) is 33.0 Å². The Hall–Kier alpha value is -1.21. The third kappa shape index (κ3) is 3.89. The lowest BCUT2D eigenvalue weighted by molar-refractivity contribution is -0.137. The highest BCUT2D eigenvalue weighted by Crippen LogP contribution is 2.25. The number of carboxylic acid groups (broad SMARTS) is 1. The van der Waals surface area contributed by atoms with Gasteiger partial charge in [-0.2, -0.15) is 4.37 Å². The Morgan fingerprint density at radius 2 is 1.95 bits per heavy atom. The molecule has 1 saturated heterocycles. The zero-order chi connectivity index (χ0) is 14.8. The molecule has 0 spiro atoms. The molecule has 2 rings (SSSR count). The number of rotatable bonds is 4. The molecule has 1 aliphatic rings. The van der Waals surface area contributed by atoms with Crippen LogP contribution < -0.4 is 4.90 Å². The first-order valence-corrected chi connectivity index (χ1v) is 7.67. The molecular formula is C13H22N4O2S. The summed E-state index contributed by atoms with van der Waals surface area (Å²) in [6.07, 6.45) is 0.215. The number of nitrogens with zero attached hydrogens (tertiary/aromatic N) is 4. The summed E-state index contributed by atoms with van der Waals surface area (Å²) in [5, 5.41) is 9.68. The van der Waals surface area contributed by atoms with Crippen molar-refractivity contribution in [2.24, 2.45) is 0 Å². The first-order chi connectivity index (χ1) is 9.36. The zero-order valence-electron chi connectivity index (χ0n) is 12.3. The van der Waals surface area contributed by atoms with Crippen LogP contribution in [0.15, 0.2) is 0 Å². The predicted octanol–water partition coefficient (Wildman–Crippen LogP) is 1.43. The van der Waals surface area contributed by atoms with Crippen molar-refractivity contribution in [1.82, 2.24) is 14.3 Å². The maximum Gasteiger partial charge on any atom is 0.304 e. The van der Waals surface area contributed by atoms with Crippen LogP contribution in [-0.2, 0) is 10.2 Å². The topological polar surface area (TPSA) is 69.6 Å². The SMILES string of the molecule is CC(C)(C)c1nsc(N2CCN(CCC(=O)O)CC2)n1. The van der Waals surface area contributed by atoms with E-state index in [1.54, 1.807) is 0 Å². The molecule has 6 nitrogen and oxygen atoms in total. The van der Waals surface area contributed by atoms with Gasteiger partial charge in [-0.05, 0) is 0 Å². The van der Waals surface area contributed by atoms with E-state index in [9.17, 15) is 4.79 Å². The molecule has 0 unspecified atom stereocenters. The minimum absolute atomic E-state index is 0.0158. The molecule has 0 atom stereocenters. The Morgan fingerprint density at radius 1 is 1.30 bits per heavy atom. The van der Waals surface area contributed by atoms with Gasteiger partial charge in [-0.1, -0.05) is 20.8 Å². The molecule has 1 aromatic heterocycles. The van der Waals surface area contributed by atoms with Crippen LogP contribution in [0.4, 0.5) is 5.13 Å². The van der Waals surface area contributed by atoms with Crippen molar-refractivity contribution in [1.29, 1.82) is 0 Å². The summed E-state index contributed by atoms with van der Waals surface area (Å²) in [5.41, 5.74) is -0.0158. The second-order valence-electron chi connectivity index (χ2n) is 6.12. The van der Waals surface area contributed by atoms with Gasteiger partial charge in [0.1, 0.15) is 5.82 Å². The predicted molar refractivity (Wildman–Crippen MR) is 79.5 cm³/mol. The fourth-order valence-electron chi connectivity index (χ4n) is 2.07. The molecule has 0 aromatic carbocycles. The smallest absolute Gasteiger partial charge is 0.304 e. The van der Waals surface area contributed by atoms with E-state index in [2.05, 4.69) is 39.9 Å². The van der Waals surface area contributed by atoms with Crippen molar-refractivity contribution in [2.75, 3.05) is 37.6 Å². The third-order valence-electron chi connectivity index (χ3n) is 3.37. The second kappa shape index (κ2) is 6.05. The number of anilines is 1. The number of aromatic nitrogens is 2. The van der Waals surface area contributed by atoms with Gasteiger partial charge in [-0.15, -0.1) is 0 Å². The Kier molecular flexibility index (Phi) is 4.59. The van der Waals surface area contributed by atoms with Crippen LogP contribution in [0.5, 0.6) is 0 Å². The zero-order valence-corrected chi connectivity index (χ0v) is 13.1. The van der Waals surface area contributed by atoms with E-state index >= 15 is 0 Å². The molecule has 0 aliphatic carbocycles. The van der Waals surface area contributed by atoms with Crippen LogP contribution >= 0.6 is 11.5 Å². The summed E-state index contributed by atoms with van der Waals surface area (Å²) in [5.74, 6) is 0.164. The van der Waals surface area contributed by atoms with Crippen molar-refractivity contribution in [3.8, 4) is 0 Å². The lowest BCUT2D eigenvalue weighted by Crippen LogP contribution is -2.46. The number of hydrogen-bond acceptors (Lipinski definition) is 6. The average Bonchev–Trinajstić information content (AvgIpc) is 2.86. The summed E-state index contributed by atoms with van der Waals surface area (Å²) in [7, 11) is 0. The number of carbonyl (C=O) groups is 1. The van der Waals surface area contributed by atoms with Gasteiger partial charge in [0.2, 0.25) is 5.13 Å². The van der Waals surface area contributed by atoms with Crippen molar-refractivity contribution < 1.29 is 9.90 Å². The number of piperazine rings is 1. The number of hydrogen-bond donors (Lipinski definition) is 1. The minimum Gasteiger partial charge on any atom is -0.481 e. The quantitative estimate of drug-likeness (QED) is 0.907. The monoisotopic (exact) mass is 298 g/mol. The lowest BCUT2D eigenvalue weighted by atomic mass is 9.96. The van der Waals surface area contributed by atoms with Gasteiger partial charge in [0.15, 0.2) is 0 Å². The molecule has 112 valence electrons. The molecule has 1 aromatic rings. The number of aliphatic carboxylic acids is 1. The van der Waals surface area contributed by atoms with Crippen LogP contribution in [-0.4, -0.2) is 58.1 Å². The van der Waals surface area contributed by atoms with E-state index in [1.807, 2.05) is 0 Å². The van der Waals surface area contributed by atoms with Crippen molar-refractivity contribution in [3.63, 3.8) is 0 Å². The summed E-state index contributed by atoms with van der Waals surface area (Å²) in [4.78, 5) is 19.6. The van der Waals surface area contributed by atoms with Gasteiger partial charge in [0, 0.05) is 49.7 Å². The van der Waals surface area contributed by atoms with E-state index in [0.717, 1.165) is 37.1 Å².